The first-order chi connectivity index (χ1) is 12.1. The zero-order chi connectivity index (χ0) is 18.0. The molecule has 0 amide bonds. The van der Waals surface area contributed by atoms with E-state index in [0.29, 0.717) is 42.1 Å². The highest BCUT2D eigenvalue weighted by Gasteiger charge is 2.33. The molecule has 1 N–H and O–H groups in total. The zero-order valence-electron chi connectivity index (χ0n) is 14.5. The van der Waals surface area contributed by atoms with Crippen LogP contribution in [0.25, 0.3) is 0 Å². The minimum Gasteiger partial charge on any atom is -0.461 e. The van der Waals surface area contributed by atoms with Crippen molar-refractivity contribution in [1.82, 2.24) is 4.98 Å². The van der Waals surface area contributed by atoms with Crippen LogP contribution in [0.15, 0.2) is 24.3 Å². The molecule has 0 aliphatic heterocycles. The molecule has 0 spiro atoms. The maximum atomic E-state index is 12.9. The van der Waals surface area contributed by atoms with E-state index in [1.165, 1.54) is 0 Å². The van der Waals surface area contributed by atoms with Crippen LogP contribution in [0.4, 0.5) is 0 Å². The number of aromatic amines is 1. The van der Waals surface area contributed by atoms with E-state index < -0.39 is 0 Å². The van der Waals surface area contributed by atoms with Crippen LogP contribution in [0, 0.1) is 0 Å². The number of hydrogen-bond acceptors (Lipinski definition) is 3. The van der Waals surface area contributed by atoms with Crippen molar-refractivity contribution in [3.63, 3.8) is 0 Å². The SMILES string of the molecule is CCCc1c(C(=O)OCC)[nH]c2c1C(=O)C[C@@H](c1ccccc1Cl)C2. The zero-order valence-corrected chi connectivity index (χ0v) is 15.3. The van der Waals surface area contributed by atoms with Gasteiger partial charge in [0.15, 0.2) is 5.78 Å². The largest absolute Gasteiger partial charge is 0.461 e. The molecule has 3 rings (SSSR count). The second kappa shape index (κ2) is 7.44. The lowest BCUT2D eigenvalue weighted by molar-refractivity contribution is 0.0518. The fourth-order valence-corrected chi connectivity index (χ4v) is 3.92. The molecule has 0 saturated carbocycles. The van der Waals surface area contributed by atoms with Crippen molar-refractivity contribution in [2.75, 3.05) is 6.61 Å². The second-order valence-electron chi connectivity index (χ2n) is 6.35. The van der Waals surface area contributed by atoms with Crippen LogP contribution in [-0.2, 0) is 17.6 Å². The van der Waals surface area contributed by atoms with Crippen molar-refractivity contribution in [2.45, 2.75) is 45.4 Å². The first kappa shape index (κ1) is 17.7. The average molecular weight is 360 g/mol. The molecule has 0 unspecified atom stereocenters. The average Bonchev–Trinajstić information content (AvgIpc) is 2.95. The fraction of sp³-hybridized carbons (Fsp3) is 0.400. The summed E-state index contributed by atoms with van der Waals surface area (Å²) >= 11 is 6.31. The Hall–Kier alpha value is -2.07. The Morgan fingerprint density at radius 2 is 2.04 bits per heavy atom. The fourth-order valence-electron chi connectivity index (χ4n) is 3.63. The molecule has 4 nitrogen and oxygen atoms in total. The Labute approximate surface area is 152 Å². The molecule has 1 aromatic carbocycles. The molecule has 0 bridgehead atoms. The summed E-state index contributed by atoms with van der Waals surface area (Å²) in [5.41, 5.74) is 3.73. The number of carbonyl (C=O) groups is 2. The minimum atomic E-state index is -0.387. The molecule has 1 aromatic heterocycles. The van der Waals surface area contributed by atoms with Crippen LogP contribution in [0.3, 0.4) is 0 Å². The summed E-state index contributed by atoms with van der Waals surface area (Å²) in [5.74, 6) is -0.291. The van der Waals surface area contributed by atoms with Crippen molar-refractivity contribution in [1.29, 1.82) is 0 Å². The number of ketones is 1. The second-order valence-corrected chi connectivity index (χ2v) is 6.76. The van der Waals surface area contributed by atoms with Gasteiger partial charge in [0.25, 0.3) is 0 Å². The molecule has 132 valence electrons. The lowest BCUT2D eigenvalue weighted by Crippen LogP contribution is -2.19. The van der Waals surface area contributed by atoms with E-state index in [2.05, 4.69) is 4.98 Å². The quantitative estimate of drug-likeness (QED) is 0.786. The van der Waals surface area contributed by atoms with E-state index >= 15 is 0 Å². The number of benzene rings is 1. The van der Waals surface area contributed by atoms with Crippen LogP contribution in [-0.4, -0.2) is 23.3 Å². The predicted octanol–water partition coefficient (Wildman–Crippen LogP) is 4.71. The van der Waals surface area contributed by atoms with Crippen molar-refractivity contribution < 1.29 is 14.3 Å². The lowest BCUT2D eigenvalue weighted by Gasteiger charge is -2.23. The highest BCUT2D eigenvalue weighted by Crippen LogP contribution is 2.38. The molecular weight excluding hydrogens is 338 g/mol. The maximum Gasteiger partial charge on any atom is 0.355 e. The van der Waals surface area contributed by atoms with Crippen LogP contribution in [0.2, 0.25) is 5.02 Å². The molecular formula is C20H22ClNO3. The van der Waals surface area contributed by atoms with Gasteiger partial charge in [0.1, 0.15) is 5.69 Å². The first-order valence-corrected chi connectivity index (χ1v) is 9.13. The topological polar surface area (TPSA) is 59.2 Å². The summed E-state index contributed by atoms with van der Waals surface area (Å²) in [7, 11) is 0. The van der Waals surface area contributed by atoms with Crippen LogP contribution >= 0.6 is 11.6 Å². The third-order valence-corrected chi connectivity index (χ3v) is 5.01. The molecule has 1 heterocycles. The van der Waals surface area contributed by atoms with Gasteiger partial charge in [-0.05, 0) is 42.9 Å². The number of aromatic nitrogens is 1. The van der Waals surface area contributed by atoms with Gasteiger partial charge in [-0.1, -0.05) is 43.1 Å². The van der Waals surface area contributed by atoms with Gasteiger partial charge in [0, 0.05) is 22.7 Å². The van der Waals surface area contributed by atoms with Crippen molar-refractivity contribution in [3.8, 4) is 0 Å². The summed E-state index contributed by atoms with van der Waals surface area (Å²) in [4.78, 5) is 28.3. The molecule has 0 radical (unpaired) electrons. The molecule has 1 aliphatic rings. The number of halogens is 1. The number of H-pyrrole nitrogens is 1. The van der Waals surface area contributed by atoms with Crippen molar-refractivity contribution >= 4 is 23.4 Å². The number of fused-ring (bicyclic) bond motifs is 1. The summed E-state index contributed by atoms with van der Waals surface area (Å²) < 4.78 is 5.16. The maximum absolute atomic E-state index is 12.9. The molecule has 0 saturated heterocycles. The van der Waals surface area contributed by atoms with E-state index in [9.17, 15) is 9.59 Å². The molecule has 5 heteroatoms. The Morgan fingerprint density at radius 3 is 2.72 bits per heavy atom. The summed E-state index contributed by atoms with van der Waals surface area (Å²) in [6.07, 6.45) is 2.62. The van der Waals surface area contributed by atoms with Gasteiger partial charge in [0.05, 0.1) is 6.61 Å². The summed E-state index contributed by atoms with van der Waals surface area (Å²) in [6, 6.07) is 7.63. The van der Waals surface area contributed by atoms with Crippen molar-refractivity contribution in [2.24, 2.45) is 0 Å². The van der Waals surface area contributed by atoms with Crippen LogP contribution in [0.1, 0.15) is 70.3 Å². The van der Waals surface area contributed by atoms with Gasteiger partial charge in [-0.3, -0.25) is 4.79 Å². The van der Waals surface area contributed by atoms with Gasteiger partial charge in [-0.2, -0.15) is 0 Å². The summed E-state index contributed by atoms with van der Waals surface area (Å²) in [5, 5.41) is 0.676. The van der Waals surface area contributed by atoms with Gasteiger partial charge in [-0.25, -0.2) is 4.79 Å². The Kier molecular flexibility index (Phi) is 5.28. The minimum absolute atomic E-state index is 0.0249. The molecule has 2 aromatic rings. The molecule has 0 fully saturated rings. The first-order valence-electron chi connectivity index (χ1n) is 8.75. The smallest absolute Gasteiger partial charge is 0.355 e. The Bertz CT molecular complexity index is 809. The van der Waals surface area contributed by atoms with E-state index in [1.54, 1.807) is 6.92 Å². The van der Waals surface area contributed by atoms with Crippen LogP contribution < -0.4 is 0 Å². The number of carbonyl (C=O) groups excluding carboxylic acids is 2. The van der Waals surface area contributed by atoms with E-state index in [-0.39, 0.29) is 17.7 Å². The standard InChI is InChI=1S/C20H22ClNO3/c1-3-7-14-18-16(22-19(14)20(24)25-4-2)10-12(11-17(18)23)13-8-5-6-9-15(13)21/h5-6,8-9,12,22H,3-4,7,10-11H2,1-2H3/t12-/m0/s1. The third kappa shape index (κ3) is 3.36. The third-order valence-electron chi connectivity index (χ3n) is 4.67. The molecule has 25 heavy (non-hydrogen) atoms. The van der Waals surface area contributed by atoms with Gasteiger partial charge < -0.3 is 9.72 Å². The Morgan fingerprint density at radius 1 is 1.28 bits per heavy atom. The monoisotopic (exact) mass is 359 g/mol. The lowest BCUT2D eigenvalue weighted by atomic mass is 9.81. The number of nitrogens with one attached hydrogen (secondary N) is 1. The van der Waals surface area contributed by atoms with E-state index in [1.807, 2.05) is 31.2 Å². The number of Topliss-reactive ketones (excluding diaryl/α,β-unsaturated/α-hetero) is 1. The number of rotatable bonds is 5. The number of hydrogen-bond donors (Lipinski definition) is 1. The highest BCUT2D eigenvalue weighted by atomic mass is 35.5. The van der Waals surface area contributed by atoms with Gasteiger partial charge in [0.2, 0.25) is 0 Å². The van der Waals surface area contributed by atoms with Crippen molar-refractivity contribution in [3.05, 3.63) is 57.4 Å². The Balaban J connectivity index is 2.01. The van der Waals surface area contributed by atoms with Gasteiger partial charge >= 0.3 is 5.97 Å². The van der Waals surface area contributed by atoms with E-state index in [4.69, 9.17) is 16.3 Å². The van der Waals surface area contributed by atoms with Crippen LogP contribution in [0.5, 0.6) is 0 Å². The number of ether oxygens (including phenoxy) is 1. The van der Waals surface area contributed by atoms with Gasteiger partial charge in [-0.15, -0.1) is 0 Å². The normalized spacial score (nSPS) is 16.6. The molecule has 1 aliphatic carbocycles. The van der Waals surface area contributed by atoms with E-state index in [0.717, 1.165) is 23.2 Å². The number of esters is 1. The highest BCUT2D eigenvalue weighted by molar-refractivity contribution is 6.31. The molecule has 1 atom stereocenters. The predicted molar refractivity (Wildman–Crippen MR) is 97.6 cm³/mol. The summed E-state index contributed by atoms with van der Waals surface area (Å²) in [6.45, 7) is 4.12.